The van der Waals surface area contributed by atoms with Gasteiger partial charge in [0, 0.05) is 30.1 Å². The Morgan fingerprint density at radius 3 is 2.31 bits per heavy atom. The third-order valence-corrected chi connectivity index (χ3v) is 7.13. The third-order valence-electron chi connectivity index (χ3n) is 5.94. The van der Waals surface area contributed by atoms with Gasteiger partial charge in [-0.1, -0.05) is 48.5 Å². The topological polar surface area (TPSA) is 54.3 Å². The third kappa shape index (κ3) is 3.99. The van der Waals surface area contributed by atoms with Crippen LogP contribution in [-0.2, 0) is 0 Å². The van der Waals surface area contributed by atoms with Gasteiger partial charge in [-0.2, -0.15) is 0 Å². The zero-order valence-corrected chi connectivity index (χ0v) is 18.6. The van der Waals surface area contributed by atoms with E-state index in [1.807, 2.05) is 66.7 Å². The molecular weight excluding hydrogens is 418 g/mol. The smallest absolute Gasteiger partial charge is 0.262 e. The summed E-state index contributed by atoms with van der Waals surface area (Å²) < 4.78 is 1.70. The number of hydrogen-bond acceptors (Lipinski definition) is 4. The number of likely N-dealkylation sites (tertiary alicyclic amines) is 1. The molecule has 0 bridgehead atoms. The minimum Gasteiger partial charge on any atom is -0.350 e. The van der Waals surface area contributed by atoms with Gasteiger partial charge in [0.1, 0.15) is 9.71 Å². The van der Waals surface area contributed by atoms with E-state index in [1.165, 1.54) is 24.2 Å². The van der Waals surface area contributed by atoms with E-state index in [0.717, 1.165) is 46.7 Å². The van der Waals surface area contributed by atoms with Crippen molar-refractivity contribution in [1.82, 2.24) is 14.8 Å². The number of nitrogens with zero attached hydrogens (tertiary/aromatic N) is 2. The average molecular weight is 444 g/mol. The van der Waals surface area contributed by atoms with Gasteiger partial charge in [-0.25, -0.2) is 0 Å². The van der Waals surface area contributed by atoms with Crippen molar-refractivity contribution in [3.05, 3.63) is 88.0 Å². The Kier molecular flexibility index (Phi) is 5.88. The Balaban J connectivity index is 1.59. The second-order valence-corrected chi connectivity index (χ2v) is 9.04. The van der Waals surface area contributed by atoms with Gasteiger partial charge in [0.25, 0.3) is 11.5 Å². The molecule has 1 saturated heterocycles. The van der Waals surface area contributed by atoms with E-state index in [4.69, 9.17) is 0 Å². The van der Waals surface area contributed by atoms with Gasteiger partial charge in [-0.3, -0.25) is 14.2 Å². The van der Waals surface area contributed by atoms with E-state index in [9.17, 15) is 9.59 Å². The van der Waals surface area contributed by atoms with Crippen molar-refractivity contribution in [2.75, 3.05) is 26.2 Å². The number of fused-ring (bicyclic) bond motifs is 1. The lowest BCUT2D eigenvalue weighted by molar-refractivity contribution is 0.0954. The first-order valence-corrected chi connectivity index (χ1v) is 11.8. The van der Waals surface area contributed by atoms with Crippen LogP contribution in [0.2, 0.25) is 0 Å². The molecule has 32 heavy (non-hydrogen) atoms. The summed E-state index contributed by atoms with van der Waals surface area (Å²) in [6, 6.07) is 23.0. The Morgan fingerprint density at radius 1 is 0.906 bits per heavy atom. The van der Waals surface area contributed by atoms with Crippen molar-refractivity contribution >= 4 is 27.5 Å². The lowest BCUT2D eigenvalue weighted by atomic mass is 10.0. The zero-order chi connectivity index (χ0) is 21.9. The maximum atomic E-state index is 13.3. The summed E-state index contributed by atoms with van der Waals surface area (Å²) in [5, 5.41) is 4.02. The van der Waals surface area contributed by atoms with E-state index in [-0.39, 0.29) is 11.5 Å². The highest BCUT2D eigenvalue weighted by Crippen LogP contribution is 2.38. The van der Waals surface area contributed by atoms with Gasteiger partial charge in [0.15, 0.2) is 0 Å². The molecule has 1 aliphatic rings. The predicted molar refractivity (Wildman–Crippen MR) is 131 cm³/mol. The van der Waals surface area contributed by atoms with Crippen molar-refractivity contribution in [3.63, 3.8) is 0 Å². The van der Waals surface area contributed by atoms with Gasteiger partial charge in [0.2, 0.25) is 0 Å². The Morgan fingerprint density at radius 2 is 1.59 bits per heavy atom. The number of benzene rings is 2. The van der Waals surface area contributed by atoms with Crippen molar-refractivity contribution in [2.24, 2.45) is 0 Å². The largest absolute Gasteiger partial charge is 0.350 e. The molecule has 5 nitrogen and oxygen atoms in total. The molecule has 2 aromatic carbocycles. The molecule has 0 aliphatic carbocycles. The van der Waals surface area contributed by atoms with Crippen LogP contribution in [0.3, 0.4) is 0 Å². The molecule has 1 amide bonds. The second-order valence-electron chi connectivity index (χ2n) is 8.04. The monoisotopic (exact) mass is 443 g/mol. The number of aromatic nitrogens is 1. The number of rotatable bonds is 6. The number of hydrogen-bond donors (Lipinski definition) is 1. The molecule has 4 aromatic rings. The van der Waals surface area contributed by atoms with Crippen molar-refractivity contribution in [3.8, 4) is 16.8 Å². The van der Waals surface area contributed by atoms with Crippen LogP contribution >= 0.6 is 11.3 Å². The van der Waals surface area contributed by atoms with Crippen molar-refractivity contribution in [2.45, 2.75) is 12.8 Å². The first-order chi connectivity index (χ1) is 15.7. The average Bonchev–Trinajstić information content (AvgIpc) is 3.48. The number of nitrogens with one attached hydrogen (secondary N) is 1. The van der Waals surface area contributed by atoms with Crippen LogP contribution in [0, 0.1) is 0 Å². The molecule has 2 aromatic heterocycles. The van der Waals surface area contributed by atoms with E-state index in [2.05, 4.69) is 10.2 Å². The van der Waals surface area contributed by atoms with E-state index in [1.54, 1.807) is 10.6 Å². The minimum atomic E-state index is -0.106. The van der Waals surface area contributed by atoms with Gasteiger partial charge < -0.3 is 10.2 Å². The van der Waals surface area contributed by atoms with Crippen LogP contribution in [-0.4, -0.2) is 41.6 Å². The highest BCUT2D eigenvalue weighted by Gasteiger charge is 2.22. The molecule has 1 aliphatic heterocycles. The van der Waals surface area contributed by atoms with Gasteiger partial charge >= 0.3 is 0 Å². The standard InChI is InChI=1S/C26H25N3O2S/c30-22-14-13-21-23(19-9-3-1-4-10-19)24(25(31)27-15-18-28-16-7-8-17-28)32-26(21)29(22)20-11-5-2-6-12-20/h1-6,9-14H,7-8,15-18H2,(H,27,31). The summed E-state index contributed by atoms with van der Waals surface area (Å²) in [6.45, 7) is 3.70. The molecule has 0 radical (unpaired) electrons. The number of carbonyl (C=O) groups excluding carboxylic acids is 1. The van der Waals surface area contributed by atoms with Crippen LogP contribution < -0.4 is 10.9 Å². The fourth-order valence-electron chi connectivity index (χ4n) is 4.37. The molecule has 1 N–H and O–H groups in total. The lowest BCUT2D eigenvalue weighted by Crippen LogP contribution is -2.33. The fourth-order valence-corrected chi connectivity index (χ4v) is 5.62. The van der Waals surface area contributed by atoms with Gasteiger partial charge in [0.05, 0.1) is 5.69 Å². The summed E-state index contributed by atoms with van der Waals surface area (Å²) in [6.07, 6.45) is 2.47. The molecule has 3 heterocycles. The Hall–Kier alpha value is -3.22. The molecule has 162 valence electrons. The SMILES string of the molecule is O=C(NCCN1CCCC1)c1sc2c(ccc(=O)n2-c2ccccc2)c1-c1ccccc1. The van der Waals surface area contributed by atoms with E-state index >= 15 is 0 Å². The van der Waals surface area contributed by atoms with Crippen LogP contribution in [0.25, 0.3) is 27.0 Å². The lowest BCUT2D eigenvalue weighted by Gasteiger charge is -2.14. The predicted octanol–water partition coefficient (Wildman–Crippen LogP) is 4.54. The Labute approximate surface area is 190 Å². The summed E-state index contributed by atoms with van der Waals surface area (Å²) in [7, 11) is 0. The molecule has 1 fully saturated rings. The summed E-state index contributed by atoms with van der Waals surface area (Å²) in [5.41, 5.74) is 2.55. The van der Waals surface area contributed by atoms with Crippen molar-refractivity contribution in [1.29, 1.82) is 0 Å². The number of thiophene rings is 1. The summed E-state index contributed by atoms with van der Waals surface area (Å²) >= 11 is 1.38. The number of amides is 1. The number of para-hydroxylation sites is 1. The first kappa shape index (κ1) is 20.7. The van der Waals surface area contributed by atoms with E-state index < -0.39 is 0 Å². The minimum absolute atomic E-state index is 0.0867. The van der Waals surface area contributed by atoms with Gasteiger partial charge in [-0.05, 0) is 49.7 Å². The second kappa shape index (κ2) is 9.10. The number of carbonyl (C=O) groups is 1. The fraction of sp³-hybridized carbons (Fsp3) is 0.231. The van der Waals surface area contributed by atoms with Crippen LogP contribution in [0.5, 0.6) is 0 Å². The summed E-state index contributed by atoms with van der Waals surface area (Å²) in [5.74, 6) is -0.0867. The Bertz CT molecular complexity index is 1290. The number of pyridine rings is 1. The van der Waals surface area contributed by atoms with E-state index in [0.29, 0.717) is 11.4 Å². The first-order valence-electron chi connectivity index (χ1n) is 11.0. The molecular formula is C26H25N3O2S. The highest BCUT2D eigenvalue weighted by molar-refractivity contribution is 7.21. The molecule has 6 heteroatoms. The molecule has 5 rings (SSSR count). The maximum absolute atomic E-state index is 13.3. The van der Waals surface area contributed by atoms with Crippen LogP contribution in [0.1, 0.15) is 22.5 Å². The zero-order valence-electron chi connectivity index (χ0n) is 17.8. The summed E-state index contributed by atoms with van der Waals surface area (Å²) in [4.78, 5) is 30.0. The molecule has 0 spiro atoms. The van der Waals surface area contributed by atoms with Crippen LogP contribution in [0.15, 0.2) is 77.6 Å². The maximum Gasteiger partial charge on any atom is 0.262 e. The molecule has 0 saturated carbocycles. The quantitative estimate of drug-likeness (QED) is 0.476. The molecule has 0 unspecified atom stereocenters. The van der Waals surface area contributed by atoms with Crippen molar-refractivity contribution < 1.29 is 4.79 Å². The normalized spacial score (nSPS) is 14.1. The highest BCUT2D eigenvalue weighted by atomic mass is 32.1. The van der Waals surface area contributed by atoms with Gasteiger partial charge in [-0.15, -0.1) is 11.3 Å². The molecule has 0 atom stereocenters. The van der Waals surface area contributed by atoms with Crippen LogP contribution in [0.4, 0.5) is 0 Å².